The van der Waals surface area contributed by atoms with Crippen LogP contribution in [0.15, 0.2) is 55.6 Å². The average Bonchev–Trinajstić information content (AvgIpc) is 2.94. The summed E-state index contributed by atoms with van der Waals surface area (Å²) in [5, 5.41) is 0. The standard InChI is InChI=1S/C8H8S.C5H5.C3H6.2ClH.Zr/c1-6-5-7-3-2-4-8(7)9-6;1-2-4-5-3-1;1-3-2;;;/h2-5,7H,1H3;1-3H,4H2;1-2H3;2*1H;/q;;;;;+2/p-2. The molecule has 0 bridgehead atoms. The van der Waals surface area contributed by atoms with Gasteiger partial charge in [-0.05, 0) is 11.8 Å². The Balaban J connectivity index is 0.000000328. The van der Waals surface area contributed by atoms with Crippen LogP contribution in [0.4, 0.5) is 0 Å². The maximum absolute atomic E-state index is 2.31. The number of halogens is 2. The number of thioether (sulfide) groups is 1. The van der Waals surface area contributed by atoms with Crippen molar-refractivity contribution in [2.45, 2.75) is 27.2 Å². The van der Waals surface area contributed by atoms with Gasteiger partial charge in [-0.3, -0.25) is 0 Å². The summed E-state index contributed by atoms with van der Waals surface area (Å²) in [6.45, 7) is 6.67. The molecule has 1 aliphatic heterocycles. The average molecular weight is 406 g/mol. The zero-order chi connectivity index (χ0) is 13.0. The van der Waals surface area contributed by atoms with E-state index in [9.17, 15) is 0 Å². The summed E-state index contributed by atoms with van der Waals surface area (Å²) >= 11 is 1.68. The van der Waals surface area contributed by atoms with Gasteiger partial charge in [0.25, 0.3) is 0 Å². The van der Waals surface area contributed by atoms with Crippen LogP contribution in [0.1, 0.15) is 27.2 Å². The van der Waals surface area contributed by atoms with Gasteiger partial charge in [0.1, 0.15) is 0 Å². The van der Waals surface area contributed by atoms with Crippen molar-refractivity contribution in [3.63, 3.8) is 0 Å². The number of hydrogen-bond acceptors (Lipinski definition) is 1. The first-order valence-electron chi connectivity index (χ1n) is 6.32. The minimum atomic E-state index is -0.220. The molecule has 0 spiro atoms. The molecule has 0 aromatic carbocycles. The predicted molar refractivity (Wildman–Crippen MR) is 80.3 cm³/mol. The van der Waals surface area contributed by atoms with E-state index in [1.807, 2.05) is 11.8 Å². The topological polar surface area (TPSA) is 0 Å². The molecule has 4 heteroatoms. The molecule has 0 N–H and O–H groups in total. The molecule has 3 rings (SSSR count). The number of fused-ring (bicyclic) bond motifs is 1. The van der Waals surface area contributed by atoms with Crippen LogP contribution in [0.3, 0.4) is 0 Å². The molecule has 1 atom stereocenters. The molecule has 3 aliphatic rings. The Kier molecular flexibility index (Phi) is 10.4. The third-order valence-corrected chi connectivity index (χ3v) is 6.81. The van der Waals surface area contributed by atoms with Gasteiger partial charge in [0.05, 0.1) is 0 Å². The second kappa shape index (κ2) is 10.2. The van der Waals surface area contributed by atoms with Gasteiger partial charge in [0.2, 0.25) is 0 Å². The number of allylic oxidation sites excluding steroid dienone is 10. The van der Waals surface area contributed by atoms with Gasteiger partial charge in [-0.2, -0.15) is 0 Å². The van der Waals surface area contributed by atoms with E-state index in [0.29, 0.717) is 5.92 Å². The second-order valence-corrected chi connectivity index (χ2v) is 10.8. The number of rotatable bonds is 1. The summed E-state index contributed by atoms with van der Waals surface area (Å²) in [5.74, 6) is 0.634. The Morgan fingerprint density at radius 2 is 1.95 bits per heavy atom. The van der Waals surface area contributed by atoms with Crippen molar-refractivity contribution in [2.75, 3.05) is 0 Å². The first-order valence-corrected chi connectivity index (χ1v) is 9.60. The molecule has 0 saturated heterocycles. The molecule has 1 heterocycles. The van der Waals surface area contributed by atoms with E-state index in [-0.39, 0.29) is 47.6 Å². The van der Waals surface area contributed by atoms with Gasteiger partial charge in [-0.25, -0.2) is 0 Å². The van der Waals surface area contributed by atoms with Gasteiger partial charge in [0.15, 0.2) is 0 Å². The maximum Gasteiger partial charge on any atom is -1.00 e. The molecule has 0 fully saturated rings. The van der Waals surface area contributed by atoms with Crippen LogP contribution in [0, 0.1) is 5.92 Å². The fraction of sp³-hybridized carbons (Fsp3) is 0.312. The Morgan fingerprint density at radius 3 is 2.50 bits per heavy atom. The predicted octanol–water partition coefficient (Wildman–Crippen LogP) is -1.16. The molecule has 20 heavy (non-hydrogen) atoms. The van der Waals surface area contributed by atoms with E-state index >= 15 is 0 Å². The largest absolute Gasteiger partial charge is 1.00 e. The van der Waals surface area contributed by atoms with Crippen LogP contribution in [0.5, 0.6) is 0 Å². The first kappa shape index (κ1) is 20.4. The molecule has 2 aliphatic carbocycles. The Morgan fingerprint density at radius 1 is 1.20 bits per heavy atom. The van der Waals surface area contributed by atoms with E-state index in [0.717, 1.165) is 0 Å². The van der Waals surface area contributed by atoms with E-state index in [1.54, 1.807) is 6.49 Å². The van der Waals surface area contributed by atoms with Crippen molar-refractivity contribution in [2.24, 2.45) is 5.92 Å². The molecule has 0 aromatic rings. The van der Waals surface area contributed by atoms with Crippen molar-refractivity contribution >= 4 is 15.0 Å². The summed E-state index contributed by atoms with van der Waals surface area (Å²) in [7, 11) is 0. The monoisotopic (exact) mass is 403 g/mol. The van der Waals surface area contributed by atoms with E-state index in [4.69, 9.17) is 0 Å². The molecule has 0 amide bonds. The summed E-state index contributed by atoms with van der Waals surface area (Å²) in [4.78, 5) is 2.93. The van der Waals surface area contributed by atoms with Gasteiger partial charge in [-0.15, -0.1) is 0 Å². The third kappa shape index (κ3) is 6.43. The molecule has 0 nitrogen and oxygen atoms in total. The zero-order valence-electron chi connectivity index (χ0n) is 12.0. The third-order valence-electron chi connectivity index (χ3n) is 2.78. The van der Waals surface area contributed by atoms with Crippen LogP contribution in [-0.2, 0) is 22.8 Å². The van der Waals surface area contributed by atoms with Gasteiger partial charge >= 0.3 is 67.7 Å². The maximum atomic E-state index is 2.31. The fourth-order valence-electron chi connectivity index (χ4n) is 2.05. The van der Waals surface area contributed by atoms with Crippen molar-refractivity contribution in [3.8, 4) is 0 Å². The van der Waals surface area contributed by atoms with Crippen LogP contribution >= 0.6 is 11.8 Å². The smallest absolute Gasteiger partial charge is 1.00 e. The molecule has 107 valence electrons. The SMILES string of the molecule is CC1=CC2C=CC=C2S1.C[C](C)=[Zr+2][C]1=CC=CC1.[Cl-].[Cl-]. The van der Waals surface area contributed by atoms with Crippen LogP contribution < -0.4 is 24.8 Å². The van der Waals surface area contributed by atoms with E-state index < -0.39 is 0 Å². The van der Waals surface area contributed by atoms with E-state index in [2.05, 4.69) is 63.3 Å². The van der Waals surface area contributed by atoms with E-state index in [1.165, 1.54) is 16.2 Å². The van der Waals surface area contributed by atoms with Gasteiger partial charge in [0, 0.05) is 10.8 Å². The Hall–Kier alpha value is 0.383. The van der Waals surface area contributed by atoms with Crippen LogP contribution in [0.25, 0.3) is 0 Å². The van der Waals surface area contributed by atoms with Crippen molar-refractivity contribution < 1.29 is 47.6 Å². The van der Waals surface area contributed by atoms with Crippen molar-refractivity contribution in [1.29, 1.82) is 0 Å². The zero-order valence-corrected chi connectivity index (χ0v) is 16.8. The Bertz CT molecular complexity index is 507. The van der Waals surface area contributed by atoms with Gasteiger partial charge < -0.3 is 24.8 Å². The minimum Gasteiger partial charge on any atom is -1.00 e. The fourth-order valence-corrected chi connectivity index (χ4v) is 5.63. The number of hydrogen-bond donors (Lipinski definition) is 0. The van der Waals surface area contributed by atoms with Crippen molar-refractivity contribution in [1.82, 2.24) is 0 Å². The molecular weight excluding hydrogens is 386 g/mol. The summed E-state index contributed by atoms with van der Waals surface area (Å²) in [6, 6.07) is 0. The second-order valence-electron chi connectivity index (χ2n) is 4.81. The molecule has 0 aromatic heterocycles. The summed E-state index contributed by atoms with van der Waals surface area (Å²) in [6.07, 6.45) is 16.8. The molecule has 1 unspecified atom stereocenters. The minimum absolute atomic E-state index is 0. The quantitative estimate of drug-likeness (QED) is 0.531. The van der Waals surface area contributed by atoms with Crippen molar-refractivity contribution in [3.05, 3.63) is 55.6 Å². The summed E-state index contributed by atoms with van der Waals surface area (Å²) < 4.78 is 3.40. The van der Waals surface area contributed by atoms with Gasteiger partial charge in [-0.1, -0.05) is 36.1 Å². The molecule has 0 saturated carbocycles. The molecular formula is C16H19Cl2SZr. The Labute approximate surface area is 150 Å². The van der Waals surface area contributed by atoms with Crippen LogP contribution in [0.2, 0.25) is 0 Å². The van der Waals surface area contributed by atoms with Crippen LogP contribution in [-0.4, -0.2) is 3.21 Å². The first-order chi connectivity index (χ1) is 8.65. The molecule has 0 radical (unpaired) electrons. The normalized spacial score (nSPS) is 20.4. The summed E-state index contributed by atoms with van der Waals surface area (Å²) in [5.41, 5.74) is 0.